The quantitative estimate of drug-likeness (QED) is 0.793. The molecule has 0 fully saturated rings. The normalized spacial score (nSPS) is 12.9. The third-order valence-corrected chi connectivity index (χ3v) is 3.13. The van der Waals surface area contributed by atoms with E-state index in [1.807, 2.05) is 13.8 Å². The van der Waals surface area contributed by atoms with Crippen molar-refractivity contribution < 1.29 is 9.13 Å². The van der Waals surface area contributed by atoms with Gasteiger partial charge in [-0.2, -0.15) is 10.1 Å². The number of aromatic nitrogens is 5. The van der Waals surface area contributed by atoms with Crippen LogP contribution in [-0.4, -0.2) is 31.0 Å². The van der Waals surface area contributed by atoms with Crippen LogP contribution in [0.2, 0.25) is 0 Å². The summed E-state index contributed by atoms with van der Waals surface area (Å²) in [5.74, 6) is -0.316. The highest BCUT2D eigenvalue weighted by Gasteiger charge is 2.13. The molecular formula is C13H15FN6O. The van der Waals surface area contributed by atoms with Crippen molar-refractivity contribution in [2.45, 2.75) is 20.1 Å². The fraction of sp³-hybridized carbons (Fsp3) is 0.308. The number of hydrogen-bond acceptors (Lipinski definition) is 5. The summed E-state index contributed by atoms with van der Waals surface area (Å²) in [7, 11) is 0. The second-order valence-corrected chi connectivity index (χ2v) is 4.57. The van der Waals surface area contributed by atoms with Gasteiger partial charge in [0.1, 0.15) is 12.0 Å². The Hall–Kier alpha value is -2.48. The van der Waals surface area contributed by atoms with Crippen LogP contribution >= 0.6 is 0 Å². The molecule has 0 aliphatic carbocycles. The molecular weight excluding hydrogens is 275 g/mol. The monoisotopic (exact) mass is 290 g/mol. The standard InChI is InChI=1S/C13H15FN6O/c1-3-21-8(2)19-6-9(5-16-19)10-4-12-17-13(15)18-20(12)7-11(10)14/h4-8H,3H2,1-2H3,(H2,15,18). The summed E-state index contributed by atoms with van der Waals surface area (Å²) in [6, 6.07) is 1.59. The topological polar surface area (TPSA) is 83.3 Å². The van der Waals surface area contributed by atoms with Crippen molar-refractivity contribution in [2.75, 3.05) is 12.3 Å². The first kappa shape index (κ1) is 13.5. The average molecular weight is 290 g/mol. The summed E-state index contributed by atoms with van der Waals surface area (Å²) in [5.41, 5.74) is 7.02. The summed E-state index contributed by atoms with van der Waals surface area (Å²) in [6.07, 6.45) is 4.36. The molecule has 3 aromatic rings. The maximum atomic E-state index is 14.2. The molecule has 0 saturated heterocycles. The third kappa shape index (κ3) is 2.45. The van der Waals surface area contributed by atoms with E-state index in [4.69, 9.17) is 10.5 Å². The minimum Gasteiger partial charge on any atom is -0.366 e. The van der Waals surface area contributed by atoms with Crippen molar-refractivity contribution in [3.63, 3.8) is 0 Å². The van der Waals surface area contributed by atoms with Crippen LogP contribution in [0.15, 0.2) is 24.7 Å². The molecule has 0 aliphatic rings. The van der Waals surface area contributed by atoms with Crippen molar-refractivity contribution >= 4 is 11.6 Å². The lowest BCUT2D eigenvalue weighted by atomic mass is 10.1. The lowest BCUT2D eigenvalue weighted by Gasteiger charge is -2.11. The molecule has 0 bridgehead atoms. The molecule has 8 heteroatoms. The molecule has 0 saturated carbocycles. The molecule has 3 aromatic heterocycles. The first-order valence-corrected chi connectivity index (χ1v) is 6.56. The van der Waals surface area contributed by atoms with Crippen LogP contribution in [-0.2, 0) is 4.74 Å². The van der Waals surface area contributed by atoms with Crippen molar-refractivity contribution in [3.05, 3.63) is 30.5 Å². The maximum Gasteiger partial charge on any atom is 0.240 e. The van der Waals surface area contributed by atoms with Gasteiger partial charge < -0.3 is 10.5 Å². The molecule has 3 rings (SSSR count). The van der Waals surface area contributed by atoms with E-state index in [9.17, 15) is 4.39 Å². The summed E-state index contributed by atoms with van der Waals surface area (Å²) in [4.78, 5) is 4.02. The molecule has 0 spiro atoms. The Morgan fingerprint density at radius 3 is 3.00 bits per heavy atom. The fourth-order valence-electron chi connectivity index (χ4n) is 2.14. The van der Waals surface area contributed by atoms with Gasteiger partial charge in [0.25, 0.3) is 0 Å². The summed E-state index contributed by atoms with van der Waals surface area (Å²) in [5, 5.41) is 8.06. The number of rotatable bonds is 4. The third-order valence-electron chi connectivity index (χ3n) is 3.13. The minimum atomic E-state index is -0.420. The number of ether oxygens (including phenoxy) is 1. The van der Waals surface area contributed by atoms with Gasteiger partial charge in [-0.25, -0.2) is 13.6 Å². The van der Waals surface area contributed by atoms with E-state index >= 15 is 0 Å². The van der Waals surface area contributed by atoms with Crippen LogP contribution in [0.4, 0.5) is 10.3 Å². The number of halogens is 1. The van der Waals surface area contributed by atoms with Crippen molar-refractivity contribution in [1.82, 2.24) is 24.4 Å². The van der Waals surface area contributed by atoms with E-state index in [0.717, 1.165) is 0 Å². The SMILES string of the molecule is CCOC(C)n1cc(-c2cc3nc(N)nn3cc2F)cn1. The van der Waals surface area contributed by atoms with Gasteiger partial charge in [0.2, 0.25) is 5.95 Å². The summed E-state index contributed by atoms with van der Waals surface area (Å²) in [6.45, 7) is 4.36. The second-order valence-electron chi connectivity index (χ2n) is 4.57. The lowest BCUT2D eigenvalue weighted by Crippen LogP contribution is -2.09. The van der Waals surface area contributed by atoms with Crippen LogP contribution < -0.4 is 5.73 Å². The van der Waals surface area contributed by atoms with Gasteiger partial charge in [-0.1, -0.05) is 0 Å². The van der Waals surface area contributed by atoms with E-state index in [-0.39, 0.29) is 12.2 Å². The fourth-order valence-corrected chi connectivity index (χ4v) is 2.14. The van der Waals surface area contributed by atoms with Gasteiger partial charge >= 0.3 is 0 Å². The van der Waals surface area contributed by atoms with E-state index in [1.165, 1.54) is 10.7 Å². The summed E-state index contributed by atoms with van der Waals surface area (Å²) < 4.78 is 22.6. The molecule has 3 heterocycles. The molecule has 7 nitrogen and oxygen atoms in total. The van der Waals surface area contributed by atoms with Gasteiger partial charge in [-0.05, 0) is 19.9 Å². The van der Waals surface area contributed by atoms with Gasteiger partial charge in [-0.3, -0.25) is 0 Å². The number of anilines is 1. The Balaban J connectivity index is 2.01. The number of pyridine rings is 1. The van der Waals surface area contributed by atoms with Crippen LogP contribution in [0, 0.1) is 5.82 Å². The maximum absolute atomic E-state index is 14.2. The van der Waals surface area contributed by atoms with Crippen LogP contribution in [0.5, 0.6) is 0 Å². The lowest BCUT2D eigenvalue weighted by molar-refractivity contribution is 0.0160. The van der Waals surface area contributed by atoms with E-state index in [1.54, 1.807) is 23.1 Å². The van der Waals surface area contributed by atoms with E-state index < -0.39 is 5.82 Å². The smallest absolute Gasteiger partial charge is 0.240 e. The van der Waals surface area contributed by atoms with E-state index in [0.29, 0.717) is 23.4 Å². The van der Waals surface area contributed by atoms with E-state index in [2.05, 4.69) is 15.2 Å². The number of fused-ring (bicyclic) bond motifs is 1. The highest BCUT2D eigenvalue weighted by molar-refractivity contribution is 5.67. The summed E-state index contributed by atoms with van der Waals surface area (Å²) >= 11 is 0. The molecule has 0 amide bonds. The Bertz CT molecular complexity index is 780. The van der Waals surface area contributed by atoms with Crippen molar-refractivity contribution in [2.24, 2.45) is 0 Å². The van der Waals surface area contributed by atoms with Crippen LogP contribution in [0.3, 0.4) is 0 Å². The van der Waals surface area contributed by atoms with Gasteiger partial charge in [-0.15, -0.1) is 5.10 Å². The number of hydrogen-bond donors (Lipinski definition) is 1. The molecule has 0 aliphatic heterocycles. The van der Waals surface area contributed by atoms with Crippen molar-refractivity contribution in [1.29, 1.82) is 0 Å². The van der Waals surface area contributed by atoms with Crippen LogP contribution in [0.1, 0.15) is 20.1 Å². The molecule has 1 atom stereocenters. The second kappa shape index (κ2) is 5.13. The molecule has 0 aromatic carbocycles. The number of nitrogen functional groups attached to an aromatic ring is 1. The Morgan fingerprint density at radius 1 is 1.43 bits per heavy atom. The highest BCUT2D eigenvalue weighted by Crippen LogP contribution is 2.24. The minimum absolute atomic E-state index is 0.104. The van der Waals surface area contributed by atoms with Gasteiger partial charge in [0.15, 0.2) is 5.65 Å². The largest absolute Gasteiger partial charge is 0.366 e. The average Bonchev–Trinajstić information content (AvgIpc) is 3.03. The molecule has 21 heavy (non-hydrogen) atoms. The molecule has 2 N–H and O–H groups in total. The Kier molecular flexibility index (Phi) is 3.30. The Labute approximate surface area is 120 Å². The zero-order valence-corrected chi connectivity index (χ0v) is 11.7. The Morgan fingerprint density at radius 2 is 2.24 bits per heavy atom. The zero-order chi connectivity index (χ0) is 15.0. The first-order valence-electron chi connectivity index (χ1n) is 6.56. The van der Waals surface area contributed by atoms with Crippen LogP contribution in [0.25, 0.3) is 16.8 Å². The number of nitrogens with two attached hydrogens (primary N) is 1. The first-order chi connectivity index (χ1) is 10.1. The van der Waals surface area contributed by atoms with Gasteiger partial charge in [0, 0.05) is 23.9 Å². The molecule has 1 unspecified atom stereocenters. The highest BCUT2D eigenvalue weighted by atomic mass is 19.1. The number of nitrogens with zero attached hydrogens (tertiary/aromatic N) is 5. The molecule has 110 valence electrons. The predicted octanol–water partition coefficient (Wildman–Crippen LogP) is 1.87. The van der Waals surface area contributed by atoms with Crippen molar-refractivity contribution in [3.8, 4) is 11.1 Å². The zero-order valence-electron chi connectivity index (χ0n) is 11.7. The predicted molar refractivity (Wildman–Crippen MR) is 74.9 cm³/mol. The molecule has 0 radical (unpaired) electrons. The van der Waals surface area contributed by atoms with Gasteiger partial charge in [0.05, 0.1) is 12.4 Å².